The molecule has 0 rings (SSSR count). The fraction of sp³-hybridized carbons (Fsp3) is 0.875. The third-order valence-electron chi connectivity index (χ3n) is 5.15. The molecular formula is C24H47NaO9P. The zero-order valence-electron chi connectivity index (χ0n) is 21.8. The van der Waals surface area contributed by atoms with Crippen molar-refractivity contribution in [2.75, 3.05) is 26.4 Å². The molecule has 11 heteroatoms. The molecule has 35 heavy (non-hydrogen) atoms. The van der Waals surface area contributed by atoms with Gasteiger partial charge in [0.1, 0.15) is 18.8 Å². The number of allylic oxidation sites excluding steroid dienone is 2. The fourth-order valence-corrected chi connectivity index (χ4v) is 3.90. The van der Waals surface area contributed by atoms with Gasteiger partial charge in [0.05, 0.1) is 19.8 Å². The molecule has 0 amide bonds. The molecule has 0 aliphatic rings. The molecule has 0 aromatic carbocycles. The molecule has 0 saturated heterocycles. The zero-order valence-corrected chi connectivity index (χ0v) is 24.7. The van der Waals surface area contributed by atoms with Crippen LogP contribution in [0, 0.1) is 0 Å². The van der Waals surface area contributed by atoms with Gasteiger partial charge < -0.3 is 24.9 Å². The largest absolute Gasteiger partial charge is 0.472 e. The third-order valence-corrected chi connectivity index (χ3v) is 6.10. The number of unbranched alkanes of at least 4 members (excludes halogenated alkanes) is 11. The van der Waals surface area contributed by atoms with Gasteiger partial charge in [0.25, 0.3) is 0 Å². The maximum atomic E-state index is 11.7. The maximum Gasteiger partial charge on any atom is 0.472 e. The Morgan fingerprint density at radius 1 is 0.800 bits per heavy atom. The Kier molecular flexibility index (Phi) is 27.6. The molecule has 0 aliphatic carbocycles. The molecule has 0 spiro atoms. The molecule has 203 valence electrons. The van der Waals surface area contributed by atoms with E-state index in [1.807, 2.05) is 0 Å². The standard InChI is InChI=1S/C24H47O9P.Na/c1-2-3-4-5-6-7-8-9-10-11-12-13-14-15-16-17-24(28)31-19-23(27)21-33-34(29,30)32-20-22(26)18-25;/h9-10,22-23,25-27H,2-8,11-21H2,1H3,(H,29,30);/b10-9-;/t22?,23-;/m1./s1. The van der Waals surface area contributed by atoms with Crippen molar-refractivity contribution in [2.24, 2.45) is 0 Å². The molecule has 9 nitrogen and oxygen atoms in total. The number of carbonyl (C=O) groups excluding carboxylic acids is 1. The molecule has 0 aliphatic heterocycles. The van der Waals surface area contributed by atoms with Gasteiger partial charge in [-0.1, -0.05) is 70.4 Å². The number of phosphoric ester groups is 1. The molecule has 0 heterocycles. The van der Waals surface area contributed by atoms with E-state index in [1.54, 1.807) is 0 Å². The molecule has 1 radical (unpaired) electrons. The van der Waals surface area contributed by atoms with Crippen molar-refractivity contribution in [1.29, 1.82) is 0 Å². The molecule has 0 bridgehead atoms. The van der Waals surface area contributed by atoms with Crippen LogP contribution in [0.5, 0.6) is 0 Å². The summed E-state index contributed by atoms with van der Waals surface area (Å²) in [5.74, 6) is -0.439. The summed E-state index contributed by atoms with van der Waals surface area (Å²) in [5, 5.41) is 27.4. The van der Waals surface area contributed by atoms with Crippen molar-refractivity contribution in [3.8, 4) is 0 Å². The Balaban J connectivity index is 0. The molecular weight excluding hydrogens is 486 g/mol. The van der Waals surface area contributed by atoms with E-state index < -0.39 is 45.8 Å². The van der Waals surface area contributed by atoms with Crippen LogP contribution in [0.25, 0.3) is 0 Å². The van der Waals surface area contributed by atoms with Crippen LogP contribution in [-0.4, -0.2) is 94.4 Å². The third kappa shape index (κ3) is 27.1. The molecule has 0 aromatic rings. The van der Waals surface area contributed by atoms with E-state index >= 15 is 0 Å². The van der Waals surface area contributed by atoms with E-state index in [0.717, 1.165) is 32.1 Å². The minimum Gasteiger partial charge on any atom is -0.463 e. The van der Waals surface area contributed by atoms with Crippen molar-refractivity contribution in [3.05, 3.63) is 12.2 Å². The summed E-state index contributed by atoms with van der Waals surface area (Å²) in [4.78, 5) is 21.1. The molecule has 0 aromatic heterocycles. The summed E-state index contributed by atoms with van der Waals surface area (Å²) >= 11 is 0. The van der Waals surface area contributed by atoms with Gasteiger partial charge in [0.2, 0.25) is 0 Å². The number of esters is 1. The van der Waals surface area contributed by atoms with Gasteiger partial charge in [-0.3, -0.25) is 13.8 Å². The number of ether oxygens (including phenoxy) is 1. The number of aliphatic hydroxyl groups is 3. The normalized spacial score (nSPS) is 14.9. The Morgan fingerprint density at radius 2 is 1.29 bits per heavy atom. The first kappa shape index (κ1) is 37.4. The number of aliphatic hydroxyl groups excluding tert-OH is 3. The van der Waals surface area contributed by atoms with Gasteiger partial charge in [-0.15, -0.1) is 0 Å². The van der Waals surface area contributed by atoms with Crippen LogP contribution in [0.2, 0.25) is 0 Å². The van der Waals surface area contributed by atoms with Gasteiger partial charge in [0.15, 0.2) is 0 Å². The van der Waals surface area contributed by atoms with Crippen LogP contribution in [0.1, 0.15) is 96.8 Å². The van der Waals surface area contributed by atoms with Crippen LogP contribution < -0.4 is 0 Å². The van der Waals surface area contributed by atoms with E-state index in [-0.39, 0.29) is 42.6 Å². The number of hydrogen-bond acceptors (Lipinski definition) is 8. The Morgan fingerprint density at radius 3 is 1.83 bits per heavy atom. The second-order valence-electron chi connectivity index (χ2n) is 8.57. The van der Waals surface area contributed by atoms with Gasteiger partial charge in [-0.05, 0) is 32.1 Å². The van der Waals surface area contributed by atoms with E-state index in [9.17, 15) is 19.4 Å². The topological polar surface area (TPSA) is 143 Å². The number of carbonyl (C=O) groups is 1. The fourth-order valence-electron chi connectivity index (χ4n) is 3.10. The molecule has 2 unspecified atom stereocenters. The Labute approximate surface area is 233 Å². The van der Waals surface area contributed by atoms with Crippen molar-refractivity contribution in [1.82, 2.24) is 0 Å². The number of rotatable bonds is 24. The first-order chi connectivity index (χ1) is 16.3. The van der Waals surface area contributed by atoms with Gasteiger partial charge in [-0.2, -0.15) is 0 Å². The van der Waals surface area contributed by atoms with E-state index in [4.69, 9.17) is 14.9 Å². The van der Waals surface area contributed by atoms with Crippen LogP contribution >= 0.6 is 7.82 Å². The van der Waals surface area contributed by atoms with Crippen molar-refractivity contribution in [3.63, 3.8) is 0 Å². The first-order valence-corrected chi connectivity index (χ1v) is 14.2. The number of hydrogen-bond donors (Lipinski definition) is 4. The SMILES string of the molecule is CCCCCCCC/C=C\CCCCCCCC(=O)OC[C@@H](O)COP(=O)(O)OCC(O)CO.[Na]. The van der Waals surface area contributed by atoms with Crippen LogP contribution in [0.3, 0.4) is 0 Å². The second kappa shape index (κ2) is 25.8. The molecule has 4 N–H and O–H groups in total. The maximum absolute atomic E-state index is 11.7. The van der Waals surface area contributed by atoms with E-state index in [2.05, 4.69) is 28.1 Å². The Bertz CT molecular complexity index is 563. The summed E-state index contributed by atoms with van der Waals surface area (Å²) in [6.45, 7) is 0.0769. The van der Waals surface area contributed by atoms with Gasteiger partial charge >= 0.3 is 13.8 Å². The van der Waals surface area contributed by atoms with Gasteiger partial charge in [0, 0.05) is 36.0 Å². The number of phosphoric acid groups is 1. The minimum atomic E-state index is -4.48. The van der Waals surface area contributed by atoms with Crippen LogP contribution in [0.15, 0.2) is 12.2 Å². The average molecular weight is 534 g/mol. The van der Waals surface area contributed by atoms with E-state index in [1.165, 1.54) is 44.9 Å². The van der Waals surface area contributed by atoms with Gasteiger partial charge in [-0.25, -0.2) is 4.57 Å². The summed E-state index contributed by atoms with van der Waals surface area (Å²) in [5.41, 5.74) is 0. The zero-order chi connectivity index (χ0) is 25.5. The van der Waals surface area contributed by atoms with Crippen LogP contribution in [-0.2, 0) is 23.1 Å². The van der Waals surface area contributed by atoms with Crippen molar-refractivity contribution < 1.29 is 43.4 Å². The van der Waals surface area contributed by atoms with Crippen molar-refractivity contribution >= 4 is 43.3 Å². The monoisotopic (exact) mass is 533 g/mol. The summed E-state index contributed by atoms with van der Waals surface area (Å²) < 4.78 is 25.5. The summed E-state index contributed by atoms with van der Waals surface area (Å²) in [6.07, 6.45) is 17.5. The molecule has 0 saturated carbocycles. The quantitative estimate of drug-likeness (QED) is 0.0475. The average Bonchev–Trinajstić information content (AvgIpc) is 2.82. The minimum absolute atomic E-state index is 0. The molecule has 3 atom stereocenters. The smallest absolute Gasteiger partial charge is 0.463 e. The second-order valence-corrected chi connectivity index (χ2v) is 10.0. The molecule has 0 fully saturated rings. The predicted molar refractivity (Wildman–Crippen MR) is 137 cm³/mol. The van der Waals surface area contributed by atoms with Crippen LogP contribution in [0.4, 0.5) is 0 Å². The first-order valence-electron chi connectivity index (χ1n) is 12.7. The predicted octanol–water partition coefficient (Wildman–Crippen LogP) is 4.03. The summed E-state index contributed by atoms with van der Waals surface area (Å²) in [6, 6.07) is 0. The Hall–Kier alpha value is 0.200. The van der Waals surface area contributed by atoms with Crippen molar-refractivity contribution in [2.45, 2.75) is 109 Å². The van der Waals surface area contributed by atoms with E-state index in [0.29, 0.717) is 6.42 Å². The summed E-state index contributed by atoms with van der Waals surface area (Å²) in [7, 11) is -4.48.